The summed E-state index contributed by atoms with van der Waals surface area (Å²) >= 11 is 0. The Morgan fingerprint density at radius 3 is 1.16 bits per heavy atom. The second-order valence-electron chi connectivity index (χ2n) is 16.0. The van der Waals surface area contributed by atoms with Crippen molar-refractivity contribution in [1.82, 2.24) is 9.97 Å². The van der Waals surface area contributed by atoms with Gasteiger partial charge in [0.05, 0.1) is 16.8 Å². The maximum absolute atomic E-state index is 5.58. The molecule has 61 heavy (non-hydrogen) atoms. The molecule has 1 spiro atoms. The van der Waals surface area contributed by atoms with Crippen molar-refractivity contribution >= 4 is 0 Å². The molecule has 0 amide bonds. The van der Waals surface area contributed by atoms with Crippen LogP contribution in [0.3, 0.4) is 0 Å². The maximum atomic E-state index is 5.58. The number of benzene rings is 9. The SMILES string of the molecule is c1ccc(-c2cc(-c3ccccc3)cc(-c3cc(-c4ccccc4)nc(-c4cccc5c4-c4ccccc4C54c5ccccc5-c5ccccc5-c5ccccc54)n3)c2)cc1. The molecular weight excluding hydrogens is 737 g/mol. The van der Waals surface area contributed by atoms with Crippen LogP contribution in [0, 0.1) is 0 Å². The van der Waals surface area contributed by atoms with Crippen LogP contribution in [0.2, 0.25) is 0 Å². The predicted molar refractivity (Wildman–Crippen MR) is 251 cm³/mol. The molecular formula is C59H38N2. The minimum atomic E-state index is -0.595. The van der Waals surface area contributed by atoms with Crippen LogP contribution in [0.25, 0.3) is 89.5 Å². The van der Waals surface area contributed by atoms with Crippen molar-refractivity contribution < 1.29 is 0 Å². The van der Waals surface area contributed by atoms with Crippen molar-refractivity contribution in [2.45, 2.75) is 5.41 Å². The van der Waals surface area contributed by atoms with E-state index in [9.17, 15) is 0 Å². The molecule has 0 radical (unpaired) electrons. The standard InChI is InChI=1S/C59H38N2/c1-4-19-39(20-5-1)42-35-43(40-21-6-2-7-22-40)37-44(36-42)56-38-55(41-23-8-3-9-24-41)60-58(61-56)50-30-18-34-54-57(50)49-29-14-17-33-53(49)59(54)51-31-15-12-27-47(51)45-25-10-11-26-46(45)48-28-13-16-32-52(48)59/h1-38H. The molecule has 0 saturated carbocycles. The average Bonchev–Trinajstić information content (AvgIpc) is 3.59. The Kier molecular flexibility index (Phi) is 8.11. The molecule has 1 aromatic heterocycles. The lowest BCUT2D eigenvalue weighted by atomic mass is 9.66. The minimum absolute atomic E-state index is 0.595. The molecule has 0 aliphatic heterocycles. The molecule has 0 saturated heterocycles. The Morgan fingerprint density at radius 1 is 0.246 bits per heavy atom. The van der Waals surface area contributed by atoms with Gasteiger partial charge in [0.1, 0.15) is 0 Å². The minimum Gasteiger partial charge on any atom is -0.228 e. The molecule has 284 valence electrons. The van der Waals surface area contributed by atoms with Crippen LogP contribution in [0.15, 0.2) is 231 Å². The first-order valence-corrected chi connectivity index (χ1v) is 21.0. The zero-order valence-corrected chi connectivity index (χ0v) is 33.3. The lowest BCUT2D eigenvalue weighted by Crippen LogP contribution is -2.29. The van der Waals surface area contributed by atoms with E-state index in [0.717, 1.165) is 50.3 Å². The third-order valence-electron chi connectivity index (χ3n) is 12.7. The molecule has 2 aliphatic carbocycles. The summed E-state index contributed by atoms with van der Waals surface area (Å²) in [6, 6.07) is 83.5. The summed E-state index contributed by atoms with van der Waals surface area (Å²) in [5.74, 6) is 0.699. The Morgan fingerprint density at radius 2 is 0.623 bits per heavy atom. The molecule has 12 rings (SSSR count). The fourth-order valence-electron chi connectivity index (χ4n) is 10.1. The summed E-state index contributed by atoms with van der Waals surface area (Å²) in [4.78, 5) is 11.1. The Bertz CT molecular complexity index is 3170. The fraction of sp³-hybridized carbons (Fsp3) is 0.0169. The van der Waals surface area contributed by atoms with E-state index in [0.29, 0.717) is 5.82 Å². The van der Waals surface area contributed by atoms with Gasteiger partial charge in [-0.3, -0.25) is 0 Å². The summed E-state index contributed by atoms with van der Waals surface area (Å²) in [5.41, 5.74) is 21.3. The second-order valence-corrected chi connectivity index (χ2v) is 16.0. The molecule has 0 fully saturated rings. The quantitative estimate of drug-likeness (QED) is 0.174. The van der Waals surface area contributed by atoms with Gasteiger partial charge >= 0.3 is 0 Å². The Balaban J connectivity index is 1.15. The number of fused-ring (bicyclic) bond motifs is 12. The highest BCUT2D eigenvalue weighted by Crippen LogP contribution is 2.62. The average molecular weight is 775 g/mol. The van der Waals surface area contributed by atoms with Gasteiger partial charge in [-0.2, -0.15) is 0 Å². The van der Waals surface area contributed by atoms with Gasteiger partial charge in [-0.25, -0.2) is 9.97 Å². The van der Waals surface area contributed by atoms with Crippen LogP contribution in [0.1, 0.15) is 22.3 Å². The third kappa shape index (κ3) is 5.50. The largest absolute Gasteiger partial charge is 0.228 e. The van der Waals surface area contributed by atoms with E-state index in [2.05, 4.69) is 231 Å². The molecule has 0 atom stereocenters. The van der Waals surface area contributed by atoms with E-state index in [1.165, 1.54) is 55.6 Å². The van der Waals surface area contributed by atoms with Gasteiger partial charge < -0.3 is 0 Å². The summed E-state index contributed by atoms with van der Waals surface area (Å²) < 4.78 is 0. The van der Waals surface area contributed by atoms with E-state index >= 15 is 0 Å². The van der Waals surface area contributed by atoms with Gasteiger partial charge in [0.2, 0.25) is 0 Å². The van der Waals surface area contributed by atoms with Crippen molar-refractivity contribution in [3.05, 3.63) is 253 Å². The van der Waals surface area contributed by atoms with Crippen molar-refractivity contribution in [3.63, 3.8) is 0 Å². The lowest BCUT2D eigenvalue weighted by Gasteiger charge is -2.35. The number of hydrogen-bond donors (Lipinski definition) is 0. The van der Waals surface area contributed by atoms with Crippen LogP contribution in [0.4, 0.5) is 0 Å². The number of aromatic nitrogens is 2. The van der Waals surface area contributed by atoms with Gasteiger partial charge in [0, 0.05) is 16.7 Å². The van der Waals surface area contributed by atoms with Crippen molar-refractivity contribution in [2.24, 2.45) is 0 Å². The summed E-state index contributed by atoms with van der Waals surface area (Å²) in [7, 11) is 0. The van der Waals surface area contributed by atoms with E-state index in [1.807, 2.05) is 0 Å². The van der Waals surface area contributed by atoms with Crippen LogP contribution < -0.4 is 0 Å². The first-order valence-electron chi connectivity index (χ1n) is 21.0. The van der Waals surface area contributed by atoms with Gasteiger partial charge in [-0.05, 0) is 102 Å². The van der Waals surface area contributed by atoms with E-state index in [4.69, 9.17) is 9.97 Å². The topological polar surface area (TPSA) is 25.8 Å². The molecule has 2 nitrogen and oxygen atoms in total. The van der Waals surface area contributed by atoms with Crippen molar-refractivity contribution in [2.75, 3.05) is 0 Å². The summed E-state index contributed by atoms with van der Waals surface area (Å²) in [6.07, 6.45) is 0. The fourth-order valence-corrected chi connectivity index (χ4v) is 10.1. The van der Waals surface area contributed by atoms with Crippen LogP contribution in [-0.2, 0) is 5.41 Å². The van der Waals surface area contributed by atoms with E-state index in [1.54, 1.807) is 0 Å². The monoisotopic (exact) mass is 774 g/mol. The highest BCUT2D eigenvalue weighted by Gasteiger charge is 2.50. The van der Waals surface area contributed by atoms with E-state index in [-0.39, 0.29) is 0 Å². The van der Waals surface area contributed by atoms with Gasteiger partial charge in [0.25, 0.3) is 0 Å². The van der Waals surface area contributed by atoms with Crippen LogP contribution >= 0.6 is 0 Å². The second kappa shape index (κ2) is 14.1. The maximum Gasteiger partial charge on any atom is 0.161 e. The first-order chi connectivity index (χ1) is 30.3. The molecule has 1 heterocycles. The van der Waals surface area contributed by atoms with Gasteiger partial charge in [-0.15, -0.1) is 0 Å². The molecule has 2 aliphatic rings. The van der Waals surface area contributed by atoms with Crippen molar-refractivity contribution in [3.8, 4) is 89.5 Å². The molecule has 0 unspecified atom stereocenters. The Labute approximate surface area is 356 Å². The highest BCUT2D eigenvalue weighted by molar-refractivity contribution is 6.00. The lowest BCUT2D eigenvalue weighted by molar-refractivity contribution is 0.775. The smallest absolute Gasteiger partial charge is 0.161 e. The number of rotatable bonds is 5. The summed E-state index contributed by atoms with van der Waals surface area (Å²) in [6.45, 7) is 0. The number of nitrogens with zero attached hydrogens (tertiary/aromatic N) is 2. The molecule has 9 aromatic carbocycles. The predicted octanol–water partition coefficient (Wildman–Crippen LogP) is 14.8. The normalized spacial score (nSPS) is 12.7. The molecule has 0 bridgehead atoms. The first kappa shape index (κ1) is 35.0. The molecule has 10 aromatic rings. The molecule has 0 N–H and O–H groups in total. The zero-order chi connectivity index (χ0) is 40.3. The summed E-state index contributed by atoms with van der Waals surface area (Å²) in [5, 5.41) is 0. The molecule has 2 heteroatoms. The van der Waals surface area contributed by atoms with Gasteiger partial charge in [0.15, 0.2) is 5.82 Å². The van der Waals surface area contributed by atoms with Crippen molar-refractivity contribution in [1.29, 1.82) is 0 Å². The zero-order valence-electron chi connectivity index (χ0n) is 33.3. The highest BCUT2D eigenvalue weighted by atomic mass is 14.9. The van der Waals surface area contributed by atoms with Gasteiger partial charge in [-0.1, -0.05) is 206 Å². The number of hydrogen-bond acceptors (Lipinski definition) is 2. The van der Waals surface area contributed by atoms with Crippen LogP contribution in [0.5, 0.6) is 0 Å². The van der Waals surface area contributed by atoms with E-state index < -0.39 is 5.41 Å². The Hall–Kier alpha value is -7.94. The third-order valence-corrected chi connectivity index (χ3v) is 12.7. The van der Waals surface area contributed by atoms with Crippen LogP contribution in [-0.4, -0.2) is 9.97 Å².